The molecule has 0 saturated heterocycles. The Kier molecular flexibility index (Phi) is 3.65. The van der Waals surface area contributed by atoms with E-state index in [1.165, 1.54) is 0 Å². The molecule has 6 heteroatoms. The van der Waals surface area contributed by atoms with Gasteiger partial charge in [0.15, 0.2) is 0 Å². The topological polar surface area (TPSA) is 26.3 Å². The predicted molar refractivity (Wildman–Crippen MR) is 47.5 cm³/mol. The third kappa shape index (κ3) is 2.39. The number of esters is 1. The average Bonchev–Trinajstić information content (AvgIpc) is 2.21. The maximum Gasteiger partial charge on any atom is 0.344 e. The number of halogens is 4. The predicted octanol–water partition coefficient (Wildman–Crippen LogP) is 2.75. The Balaban J connectivity index is 3.34. The summed E-state index contributed by atoms with van der Waals surface area (Å²) in [7, 11) is 0.882. The van der Waals surface area contributed by atoms with Gasteiger partial charge in [0.2, 0.25) is 0 Å². The lowest BCUT2D eigenvalue weighted by Crippen LogP contribution is -2.06. The van der Waals surface area contributed by atoms with Crippen molar-refractivity contribution in [2.75, 3.05) is 7.11 Å². The van der Waals surface area contributed by atoms with Gasteiger partial charge in [0, 0.05) is 11.6 Å². The highest BCUT2D eigenvalue weighted by atomic mass is 19.3. The minimum Gasteiger partial charge on any atom is -0.465 e. The molecule has 2 nitrogen and oxygen atoms in total. The molecule has 0 radical (unpaired) electrons. The van der Waals surface area contributed by atoms with E-state index in [4.69, 9.17) is 0 Å². The summed E-state index contributed by atoms with van der Waals surface area (Å²) >= 11 is 0. The van der Waals surface area contributed by atoms with Gasteiger partial charge in [-0.3, -0.25) is 0 Å². The van der Waals surface area contributed by atoms with Gasteiger partial charge in [-0.2, -0.15) is 8.78 Å². The van der Waals surface area contributed by atoms with Crippen LogP contribution in [-0.4, -0.2) is 13.1 Å². The van der Waals surface area contributed by atoms with Crippen molar-refractivity contribution in [1.82, 2.24) is 0 Å². The number of hydrogen-bond acceptors (Lipinski definition) is 2. The molecule has 86 valence electrons. The molecule has 0 aromatic heterocycles. The fourth-order valence-electron chi connectivity index (χ4n) is 1.08. The van der Waals surface area contributed by atoms with Gasteiger partial charge in [-0.05, 0) is 12.1 Å². The molecule has 0 bridgehead atoms. The van der Waals surface area contributed by atoms with Crippen LogP contribution in [-0.2, 0) is 9.53 Å². The number of benzene rings is 1. The van der Waals surface area contributed by atoms with E-state index in [0.717, 1.165) is 19.2 Å². The molecule has 0 aliphatic heterocycles. The highest BCUT2D eigenvalue weighted by molar-refractivity contribution is 6.16. The molecule has 0 aliphatic rings. The molecule has 1 aromatic rings. The zero-order valence-electron chi connectivity index (χ0n) is 8.06. The smallest absolute Gasteiger partial charge is 0.344 e. The molecule has 0 heterocycles. The number of hydrogen-bond donors (Lipinski definition) is 0. The van der Waals surface area contributed by atoms with Crippen molar-refractivity contribution in [1.29, 1.82) is 0 Å². The molecule has 0 atom stereocenters. The van der Waals surface area contributed by atoms with E-state index in [2.05, 4.69) is 4.74 Å². The van der Waals surface area contributed by atoms with Gasteiger partial charge < -0.3 is 4.74 Å². The van der Waals surface area contributed by atoms with Crippen LogP contribution >= 0.6 is 0 Å². The first-order chi connectivity index (χ1) is 7.47. The van der Waals surface area contributed by atoms with E-state index < -0.39 is 34.8 Å². The van der Waals surface area contributed by atoms with E-state index in [1.807, 2.05) is 0 Å². The monoisotopic (exact) mass is 234 g/mol. The lowest BCUT2D eigenvalue weighted by Gasteiger charge is -2.05. The zero-order chi connectivity index (χ0) is 12.3. The lowest BCUT2D eigenvalue weighted by molar-refractivity contribution is -0.133. The Morgan fingerprint density at radius 1 is 1.25 bits per heavy atom. The summed E-state index contributed by atoms with van der Waals surface area (Å²) in [4.78, 5) is 11.0. The van der Waals surface area contributed by atoms with Gasteiger partial charge in [-0.1, -0.05) is 0 Å². The molecular formula is C10H6F4O2. The molecule has 0 saturated carbocycles. The molecule has 0 aliphatic carbocycles. The van der Waals surface area contributed by atoms with E-state index in [1.54, 1.807) is 0 Å². The van der Waals surface area contributed by atoms with Crippen molar-refractivity contribution in [3.63, 3.8) is 0 Å². The highest BCUT2D eigenvalue weighted by Gasteiger charge is 2.22. The van der Waals surface area contributed by atoms with Crippen LogP contribution in [0, 0.1) is 11.6 Å². The van der Waals surface area contributed by atoms with Crippen molar-refractivity contribution in [2.24, 2.45) is 0 Å². The van der Waals surface area contributed by atoms with Crippen LogP contribution in [0.15, 0.2) is 24.3 Å². The van der Waals surface area contributed by atoms with Gasteiger partial charge in [0.1, 0.15) is 17.2 Å². The van der Waals surface area contributed by atoms with Gasteiger partial charge in [-0.25, -0.2) is 13.6 Å². The minimum absolute atomic E-state index is 0.404. The summed E-state index contributed by atoms with van der Waals surface area (Å²) in [6.07, 6.45) is -2.39. The van der Waals surface area contributed by atoms with Crippen molar-refractivity contribution in [3.05, 3.63) is 41.5 Å². The van der Waals surface area contributed by atoms with E-state index in [0.29, 0.717) is 6.07 Å². The molecule has 1 aromatic carbocycles. The van der Waals surface area contributed by atoms with Crippen LogP contribution in [0.25, 0.3) is 5.57 Å². The standard InChI is InChI=1S/C10H6F4O2/c1-16-10(15)8(9(13)14)6-3-2-5(11)4-7(6)12/h2-4H,1H3. The lowest BCUT2D eigenvalue weighted by atomic mass is 10.1. The third-order valence-electron chi connectivity index (χ3n) is 1.78. The van der Waals surface area contributed by atoms with Crippen LogP contribution in [0.4, 0.5) is 17.6 Å². The number of methoxy groups -OCH3 is 1. The fraction of sp³-hybridized carbons (Fsp3) is 0.100. The maximum atomic E-state index is 13.1. The van der Waals surface area contributed by atoms with E-state index in [9.17, 15) is 22.4 Å². The number of rotatable bonds is 2. The van der Waals surface area contributed by atoms with Gasteiger partial charge in [0.05, 0.1) is 7.11 Å². The SMILES string of the molecule is COC(=O)C(=C(F)F)c1ccc(F)cc1F. The summed E-state index contributed by atoms with van der Waals surface area (Å²) in [5.41, 5.74) is -1.91. The normalized spacial score (nSPS) is 9.81. The largest absolute Gasteiger partial charge is 0.465 e. The summed E-state index contributed by atoms with van der Waals surface area (Å²) in [5.74, 6) is -3.57. The zero-order valence-corrected chi connectivity index (χ0v) is 8.06. The quantitative estimate of drug-likeness (QED) is 0.446. The highest BCUT2D eigenvalue weighted by Crippen LogP contribution is 2.25. The van der Waals surface area contributed by atoms with Gasteiger partial charge in [0.25, 0.3) is 6.08 Å². The molecule has 0 fully saturated rings. The second kappa shape index (κ2) is 4.78. The Labute approximate surface area is 88.1 Å². The Hall–Kier alpha value is -1.85. The van der Waals surface area contributed by atoms with Crippen molar-refractivity contribution < 1.29 is 27.1 Å². The van der Waals surface area contributed by atoms with Crippen molar-refractivity contribution in [2.45, 2.75) is 0 Å². The Bertz CT molecular complexity index is 450. The number of carbonyl (C=O) groups excluding carboxylic acids is 1. The van der Waals surface area contributed by atoms with Crippen LogP contribution < -0.4 is 0 Å². The molecule has 0 amide bonds. The van der Waals surface area contributed by atoms with E-state index >= 15 is 0 Å². The first-order valence-electron chi connectivity index (χ1n) is 4.06. The minimum atomic E-state index is -2.39. The summed E-state index contributed by atoms with van der Waals surface area (Å²) in [6.45, 7) is 0. The first kappa shape index (κ1) is 12.2. The van der Waals surface area contributed by atoms with Crippen LogP contribution in [0.1, 0.15) is 5.56 Å². The molecular weight excluding hydrogens is 228 g/mol. The van der Waals surface area contributed by atoms with Crippen LogP contribution in [0.2, 0.25) is 0 Å². The second-order valence-electron chi connectivity index (χ2n) is 2.75. The van der Waals surface area contributed by atoms with Gasteiger partial charge >= 0.3 is 5.97 Å². The Morgan fingerprint density at radius 2 is 1.88 bits per heavy atom. The first-order valence-corrected chi connectivity index (χ1v) is 4.06. The summed E-state index contributed by atoms with van der Waals surface area (Å²) in [6, 6.07) is 1.92. The summed E-state index contributed by atoms with van der Waals surface area (Å²) in [5, 5.41) is 0. The third-order valence-corrected chi connectivity index (χ3v) is 1.78. The molecule has 0 unspecified atom stereocenters. The van der Waals surface area contributed by atoms with Crippen LogP contribution in [0.5, 0.6) is 0 Å². The Morgan fingerprint density at radius 3 is 2.31 bits per heavy atom. The number of ether oxygens (including phenoxy) is 1. The average molecular weight is 234 g/mol. The van der Waals surface area contributed by atoms with Gasteiger partial charge in [-0.15, -0.1) is 0 Å². The fourth-order valence-corrected chi connectivity index (χ4v) is 1.08. The number of carbonyl (C=O) groups is 1. The van der Waals surface area contributed by atoms with E-state index in [-0.39, 0.29) is 0 Å². The molecule has 16 heavy (non-hydrogen) atoms. The molecule has 0 spiro atoms. The maximum absolute atomic E-state index is 13.1. The second-order valence-corrected chi connectivity index (χ2v) is 2.75. The van der Waals surface area contributed by atoms with Crippen molar-refractivity contribution in [3.8, 4) is 0 Å². The molecule has 0 N–H and O–H groups in total. The molecule has 1 rings (SSSR count). The summed E-state index contributed by atoms with van der Waals surface area (Å²) < 4.78 is 54.6. The van der Waals surface area contributed by atoms with Crippen LogP contribution in [0.3, 0.4) is 0 Å². The van der Waals surface area contributed by atoms with Crippen molar-refractivity contribution >= 4 is 11.5 Å².